The van der Waals surface area contributed by atoms with Gasteiger partial charge in [-0.1, -0.05) is 44.0 Å². The normalized spacial score (nSPS) is 10.4. The van der Waals surface area contributed by atoms with E-state index >= 15 is 0 Å². The number of rotatable bonds is 4. The zero-order chi connectivity index (χ0) is 20.3. The van der Waals surface area contributed by atoms with E-state index in [0.717, 1.165) is 8.95 Å². The summed E-state index contributed by atoms with van der Waals surface area (Å²) in [6.07, 6.45) is 0. The Bertz CT molecular complexity index is 987. The monoisotopic (exact) mass is 501 g/mol. The maximum absolute atomic E-state index is 12.7. The first-order valence-corrected chi connectivity index (χ1v) is 10.0. The minimum absolute atomic E-state index is 0.320. The number of anilines is 2. The van der Waals surface area contributed by atoms with Gasteiger partial charge in [-0.25, -0.2) is 0 Å². The van der Waals surface area contributed by atoms with Gasteiger partial charge in [-0.2, -0.15) is 0 Å². The summed E-state index contributed by atoms with van der Waals surface area (Å²) in [5.41, 5.74) is 3.13. The molecular weight excluding hydrogens is 486 g/mol. The number of pyridine rings is 1. The van der Waals surface area contributed by atoms with E-state index in [2.05, 4.69) is 47.5 Å². The molecule has 1 aromatic heterocycles. The highest BCUT2D eigenvalue weighted by Crippen LogP contribution is 2.20. The Morgan fingerprint density at radius 1 is 0.750 bits per heavy atom. The fraction of sp³-hybridized carbons (Fsp3) is 0.0952. The van der Waals surface area contributed by atoms with Gasteiger partial charge in [0.2, 0.25) is 0 Å². The standard InChI is InChI=1S/C21H17Br2N3O2/c1-12-18(20(27)25-16-7-3-5-14(22)9-16)11-19(13(2)24-12)21(28)26-17-8-4-6-15(23)10-17/h3-11H,1-2H3,(H,25,27)(H,26,28). The maximum Gasteiger partial charge on any atom is 0.257 e. The third kappa shape index (κ3) is 4.85. The first-order chi connectivity index (χ1) is 13.3. The van der Waals surface area contributed by atoms with Crippen molar-refractivity contribution in [3.05, 3.63) is 86.1 Å². The number of aryl methyl sites for hydroxylation is 2. The van der Waals surface area contributed by atoms with Crippen LogP contribution in [0.1, 0.15) is 32.1 Å². The molecule has 0 spiro atoms. The third-order valence-electron chi connectivity index (χ3n) is 4.06. The van der Waals surface area contributed by atoms with Crippen molar-refractivity contribution in [2.24, 2.45) is 0 Å². The molecule has 0 atom stereocenters. The second-order valence-corrected chi connectivity index (χ2v) is 8.01. The van der Waals surface area contributed by atoms with Crippen LogP contribution in [0.3, 0.4) is 0 Å². The first kappa shape index (κ1) is 20.2. The van der Waals surface area contributed by atoms with Crippen LogP contribution in [0, 0.1) is 13.8 Å². The number of hydrogen-bond donors (Lipinski definition) is 2. The number of hydrogen-bond acceptors (Lipinski definition) is 3. The molecule has 2 N–H and O–H groups in total. The van der Waals surface area contributed by atoms with Gasteiger partial charge in [0.15, 0.2) is 0 Å². The van der Waals surface area contributed by atoms with E-state index in [1.165, 1.54) is 0 Å². The van der Waals surface area contributed by atoms with Crippen LogP contribution >= 0.6 is 31.9 Å². The Kier molecular flexibility index (Phi) is 6.26. The minimum atomic E-state index is -0.320. The van der Waals surface area contributed by atoms with Gasteiger partial charge in [0.1, 0.15) is 0 Å². The largest absolute Gasteiger partial charge is 0.322 e. The zero-order valence-corrected chi connectivity index (χ0v) is 18.4. The van der Waals surface area contributed by atoms with Crippen LogP contribution in [-0.4, -0.2) is 16.8 Å². The molecule has 0 aliphatic heterocycles. The Morgan fingerprint density at radius 3 is 1.57 bits per heavy atom. The van der Waals surface area contributed by atoms with Gasteiger partial charge < -0.3 is 10.6 Å². The molecule has 7 heteroatoms. The number of halogens is 2. The number of amides is 2. The summed E-state index contributed by atoms with van der Waals surface area (Å²) in [7, 11) is 0. The fourth-order valence-electron chi connectivity index (χ4n) is 2.71. The molecule has 0 unspecified atom stereocenters. The zero-order valence-electron chi connectivity index (χ0n) is 15.2. The summed E-state index contributed by atoms with van der Waals surface area (Å²) in [5, 5.41) is 5.67. The van der Waals surface area contributed by atoms with Crippen LogP contribution in [-0.2, 0) is 0 Å². The summed E-state index contributed by atoms with van der Waals surface area (Å²) < 4.78 is 1.72. The van der Waals surface area contributed by atoms with E-state index in [9.17, 15) is 9.59 Å². The van der Waals surface area contributed by atoms with Gasteiger partial charge in [0, 0.05) is 20.3 Å². The molecule has 3 rings (SSSR count). The van der Waals surface area contributed by atoms with Gasteiger partial charge in [0.05, 0.1) is 22.5 Å². The highest BCUT2D eigenvalue weighted by Gasteiger charge is 2.18. The molecule has 0 radical (unpaired) electrons. The predicted octanol–water partition coefficient (Wildman–Crippen LogP) is 5.73. The number of aromatic nitrogens is 1. The van der Waals surface area contributed by atoms with Crippen molar-refractivity contribution in [3.8, 4) is 0 Å². The van der Waals surface area contributed by atoms with E-state index in [4.69, 9.17) is 0 Å². The minimum Gasteiger partial charge on any atom is -0.322 e. The topological polar surface area (TPSA) is 71.1 Å². The van der Waals surface area contributed by atoms with Gasteiger partial charge in [-0.3, -0.25) is 14.6 Å². The van der Waals surface area contributed by atoms with Crippen LogP contribution in [0.2, 0.25) is 0 Å². The lowest BCUT2D eigenvalue weighted by Crippen LogP contribution is -2.19. The molecule has 2 aromatic carbocycles. The van der Waals surface area contributed by atoms with Crippen LogP contribution in [0.15, 0.2) is 63.5 Å². The van der Waals surface area contributed by atoms with Crippen molar-refractivity contribution < 1.29 is 9.59 Å². The Hall–Kier alpha value is -2.51. The van der Waals surface area contributed by atoms with Crippen molar-refractivity contribution in [2.45, 2.75) is 13.8 Å². The Labute approximate surface area is 179 Å². The molecule has 2 amide bonds. The molecule has 0 bridgehead atoms. The molecule has 0 saturated carbocycles. The van der Waals surface area contributed by atoms with Gasteiger partial charge >= 0.3 is 0 Å². The van der Waals surface area contributed by atoms with E-state index in [1.807, 2.05) is 24.3 Å². The van der Waals surface area contributed by atoms with Crippen LogP contribution in [0.5, 0.6) is 0 Å². The fourth-order valence-corrected chi connectivity index (χ4v) is 3.51. The molecular formula is C21H17Br2N3O2. The summed E-state index contributed by atoms with van der Waals surface area (Å²) in [5.74, 6) is -0.640. The highest BCUT2D eigenvalue weighted by molar-refractivity contribution is 9.10. The number of nitrogens with zero attached hydrogens (tertiary/aromatic N) is 1. The summed E-state index contributed by atoms with van der Waals surface area (Å²) in [4.78, 5) is 29.9. The highest BCUT2D eigenvalue weighted by atomic mass is 79.9. The quantitative estimate of drug-likeness (QED) is 0.478. The summed E-state index contributed by atoms with van der Waals surface area (Å²) in [6, 6.07) is 16.2. The van der Waals surface area contributed by atoms with Crippen molar-refractivity contribution in [1.29, 1.82) is 0 Å². The lowest BCUT2D eigenvalue weighted by molar-refractivity contribution is 0.102. The number of benzene rings is 2. The molecule has 142 valence electrons. The number of carbonyl (C=O) groups excluding carboxylic acids is 2. The number of nitrogens with one attached hydrogen (secondary N) is 2. The van der Waals surface area contributed by atoms with Gasteiger partial charge in [-0.15, -0.1) is 0 Å². The van der Waals surface area contributed by atoms with Gasteiger partial charge in [-0.05, 0) is 56.3 Å². The molecule has 0 aliphatic carbocycles. The average Bonchev–Trinajstić information content (AvgIpc) is 2.61. The Morgan fingerprint density at radius 2 is 1.18 bits per heavy atom. The SMILES string of the molecule is Cc1nc(C)c(C(=O)Nc2cccc(Br)c2)cc1C(=O)Nc1cccc(Br)c1. The molecule has 0 saturated heterocycles. The second-order valence-electron chi connectivity index (χ2n) is 6.18. The lowest BCUT2D eigenvalue weighted by Gasteiger charge is -2.12. The van der Waals surface area contributed by atoms with Crippen molar-refractivity contribution in [2.75, 3.05) is 10.6 Å². The first-order valence-electron chi connectivity index (χ1n) is 8.45. The summed E-state index contributed by atoms with van der Waals surface area (Å²) in [6.45, 7) is 3.50. The average molecular weight is 503 g/mol. The van der Waals surface area contributed by atoms with Crippen molar-refractivity contribution in [1.82, 2.24) is 4.98 Å². The molecule has 3 aromatic rings. The van der Waals surface area contributed by atoms with Crippen LogP contribution < -0.4 is 10.6 Å². The molecule has 0 aliphatic rings. The Balaban J connectivity index is 1.87. The van der Waals surface area contributed by atoms with Crippen molar-refractivity contribution in [3.63, 3.8) is 0 Å². The van der Waals surface area contributed by atoms with Crippen LogP contribution in [0.4, 0.5) is 11.4 Å². The van der Waals surface area contributed by atoms with E-state index < -0.39 is 0 Å². The van der Waals surface area contributed by atoms with E-state index in [1.54, 1.807) is 44.2 Å². The second kappa shape index (κ2) is 8.67. The van der Waals surface area contributed by atoms with Crippen LogP contribution in [0.25, 0.3) is 0 Å². The predicted molar refractivity (Wildman–Crippen MR) is 118 cm³/mol. The maximum atomic E-state index is 12.7. The molecule has 0 fully saturated rings. The summed E-state index contributed by atoms with van der Waals surface area (Å²) >= 11 is 6.76. The lowest BCUT2D eigenvalue weighted by atomic mass is 10.1. The van der Waals surface area contributed by atoms with E-state index in [0.29, 0.717) is 33.9 Å². The molecule has 5 nitrogen and oxygen atoms in total. The van der Waals surface area contributed by atoms with Crippen molar-refractivity contribution >= 4 is 55.0 Å². The van der Waals surface area contributed by atoms with E-state index in [-0.39, 0.29) is 11.8 Å². The smallest absolute Gasteiger partial charge is 0.257 e. The molecule has 1 heterocycles. The molecule has 28 heavy (non-hydrogen) atoms. The third-order valence-corrected chi connectivity index (χ3v) is 5.04. The number of carbonyl (C=O) groups is 2. The van der Waals surface area contributed by atoms with Gasteiger partial charge in [0.25, 0.3) is 11.8 Å².